The number of hydrogen-bond donors (Lipinski definition) is 1. The van der Waals surface area contributed by atoms with Crippen molar-refractivity contribution < 1.29 is 19.6 Å². The van der Waals surface area contributed by atoms with Crippen molar-refractivity contribution in [3.05, 3.63) is 39.4 Å². The molecular weight excluding hydrogens is 350 g/mol. The number of carbonyl (C=O) groups excluding carboxylic acids is 1. The summed E-state index contributed by atoms with van der Waals surface area (Å²) >= 11 is 1.11. The molecule has 1 N–H and O–H groups in total. The second kappa shape index (κ2) is 6.61. The van der Waals surface area contributed by atoms with Gasteiger partial charge in [0.2, 0.25) is 5.13 Å². The Bertz CT molecular complexity index is 812. The van der Waals surface area contributed by atoms with Crippen molar-refractivity contribution in [1.29, 1.82) is 0 Å². The quantitative estimate of drug-likeness (QED) is 0.633. The molecule has 0 bridgehead atoms. The van der Waals surface area contributed by atoms with E-state index >= 15 is 0 Å². The number of aliphatic hydroxyl groups is 1. The van der Waals surface area contributed by atoms with Crippen molar-refractivity contribution in [2.75, 3.05) is 18.5 Å². The first-order valence-electron chi connectivity index (χ1n) is 7.33. The predicted octanol–water partition coefficient (Wildman–Crippen LogP) is 1.78. The topological polar surface area (TPSA) is 122 Å². The summed E-state index contributed by atoms with van der Waals surface area (Å²) in [6.07, 6.45) is -1.51. The van der Waals surface area contributed by atoms with Crippen LogP contribution >= 0.6 is 11.3 Å². The summed E-state index contributed by atoms with van der Waals surface area (Å²) < 4.78 is 5.67. The minimum atomic E-state index is -0.980. The monoisotopic (exact) mass is 365 g/mol. The predicted molar refractivity (Wildman–Crippen MR) is 88.6 cm³/mol. The Hall–Kier alpha value is -2.79. The highest BCUT2D eigenvalue weighted by Gasteiger charge is 2.37. The fourth-order valence-corrected chi connectivity index (χ4v) is 3.20. The molecule has 1 fully saturated rings. The first-order valence-corrected chi connectivity index (χ1v) is 8.15. The fourth-order valence-electron chi connectivity index (χ4n) is 2.34. The number of anilines is 1. The standard InChI is InChI=1S/C14H15N5O5S/c1-8(24-10-5-3-4-9(6-10)19(22)23)12-15-16-13(25-12)18-11(20)7-17(2)14(18)21/h3-6,8,11,20H,7H2,1-2H3. The Kier molecular flexibility index (Phi) is 4.51. The maximum Gasteiger partial charge on any atom is 0.328 e. The zero-order valence-electron chi connectivity index (χ0n) is 13.4. The summed E-state index contributed by atoms with van der Waals surface area (Å²) in [6.45, 7) is 1.91. The summed E-state index contributed by atoms with van der Waals surface area (Å²) in [5, 5.41) is 29.5. The molecule has 1 aromatic heterocycles. The zero-order valence-corrected chi connectivity index (χ0v) is 14.2. The number of rotatable bonds is 5. The Morgan fingerprint density at radius 1 is 1.48 bits per heavy atom. The van der Waals surface area contributed by atoms with Crippen LogP contribution in [-0.2, 0) is 0 Å². The molecule has 1 aromatic carbocycles. The Morgan fingerprint density at radius 2 is 2.24 bits per heavy atom. The minimum absolute atomic E-state index is 0.0727. The lowest BCUT2D eigenvalue weighted by Crippen LogP contribution is -2.34. The molecule has 0 spiro atoms. The van der Waals surface area contributed by atoms with E-state index in [4.69, 9.17) is 4.74 Å². The Balaban J connectivity index is 1.75. The number of β-amino-alcohol motifs (C(OH)–C–C–N with tert-alkyl or cyclic N) is 1. The minimum Gasteiger partial charge on any atom is -0.483 e. The molecule has 2 amide bonds. The number of hydrogen-bond acceptors (Lipinski definition) is 8. The second-order valence-electron chi connectivity index (χ2n) is 5.45. The van der Waals surface area contributed by atoms with Gasteiger partial charge in [0, 0.05) is 13.1 Å². The first kappa shape index (κ1) is 17.0. The molecule has 1 saturated heterocycles. The van der Waals surface area contributed by atoms with E-state index in [9.17, 15) is 20.0 Å². The molecule has 1 aliphatic heterocycles. The number of carbonyl (C=O) groups is 1. The van der Waals surface area contributed by atoms with Crippen molar-refractivity contribution in [3.8, 4) is 5.75 Å². The van der Waals surface area contributed by atoms with Crippen LogP contribution in [0, 0.1) is 10.1 Å². The molecule has 0 aliphatic carbocycles. The van der Waals surface area contributed by atoms with Gasteiger partial charge in [0.1, 0.15) is 11.9 Å². The van der Waals surface area contributed by atoms with Crippen LogP contribution < -0.4 is 9.64 Å². The van der Waals surface area contributed by atoms with Crippen LogP contribution in [-0.4, -0.2) is 51.0 Å². The van der Waals surface area contributed by atoms with E-state index in [1.54, 1.807) is 20.0 Å². The molecule has 3 rings (SSSR count). The van der Waals surface area contributed by atoms with Crippen LogP contribution in [0.3, 0.4) is 0 Å². The van der Waals surface area contributed by atoms with Crippen LogP contribution in [0.4, 0.5) is 15.6 Å². The van der Waals surface area contributed by atoms with Gasteiger partial charge in [0.15, 0.2) is 11.2 Å². The third-order valence-electron chi connectivity index (χ3n) is 3.59. The SMILES string of the molecule is CC(Oc1cccc([N+](=O)[O-])c1)c1nnc(N2C(=O)N(C)CC2O)s1. The average Bonchev–Trinajstić information content (AvgIpc) is 3.13. The highest BCUT2D eigenvalue weighted by atomic mass is 32.1. The number of nitrogens with zero attached hydrogens (tertiary/aromatic N) is 5. The Labute approximate surface area is 146 Å². The molecule has 10 nitrogen and oxygen atoms in total. The first-order chi connectivity index (χ1) is 11.9. The van der Waals surface area contributed by atoms with E-state index in [1.807, 2.05) is 0 Å². The molecule has 2 atom stereocenters. The number of aliphatic hydroxyl groups excluding tert-OH is 1. The number of urea groups is 1. The van der Waals surface area contributed by atoms with E-state index in [0.29, 0.717) is 10.8 Å². The molecule has 132 valence electrons. The van der Waals surface area contributed by atoms with Crippen LogP contribution in [0.25, 0.3) is 0 Å². The van der Waals surface area contributed by atoms with Gasteiger partial charge < -0.3 is 14.7 Å². The molecule has 11 heteroatoms. The normalized spacial score (nSPS) is 18.5. The molecular formula is C14H15N5O5S. The summed E-state index contributed by atoms with van der Waals surface area (Å²) in [5.41, 5.74) is -0.0727. The van der Waals surface area contributed by atoms with Gasteiger partial charge in [0.25, 0.3) is 5.69 Å². The molecule has 0 saturated carbocycles. The highest BCUT2D eigenvalue weighted by Crippen LogP contribution is 2.31. The average molecular weight is 365 g/mol. The molecule has 0 radical (unpaired) electrons. The van der Waals surface area contributed by atoms with Crippen molar-refractivity contribution >= 4 is 28.2 Å². The van der Waals surface area contributed by atoms with Crippen LogP contribution in [0.1, 0.15) is 18.0 Å². The number of aromatic nitrogens is 2. The van der Waals surface area contributed by atoms with Crippen molar-refractivity contribution in [3.63, 3.8) is 0 Å². The molecule has 25 heavy (non-hydrogen) atoms. The smallest absolute Gasteiger partial charge is 0.328 e. The van der Waals surface area contributed by atoms with Crippen LogP contribution in [0.5, 0.6) is 5.75 Å². The second-order valence-corrected chi connectivity index (χ2v) is 6.44. The maximum atomic E-state index is 12.0. The number of nitro groups is 1. The number of nitro benzene ring substituents is 1. The summed E-state index contributed by atoms with van der Waals surface area (Å²) in [5.74, 6) is 0.329. The van der Waals surface area contributed by atoms with E-state index < -0.39 is 17.3 Å². The van der Waals surface area contributed by atoms with Gasteiger partial charge in [-0.3, -0.25) is 10.1 Å². The van der Waals surface area contributed by atoms with E-state index in [2.05, 4.69) is 10.2 Å². The molecule has 2 heterocycles. The number of amides is 2. The van der Waals surface area contributed by atoms with Crippen molar-refractivity contribution in [1.82, 2.24) is 15.1 Å². The maximum absolute atomic E-state index is 12.0. The summed E-state index contributed by atoms with van der Waals surface area (Å²) in [4.78, 5) is 24.9. The third-order valence-corrected chi connectivity index (χ3v) is 4.68. The number of benzene rings is 1. The largest absolute Gasteiger partial charge is 0.483 e. The van der Waals surface area contributed by atoms with Gasteiger partial charge >= 0.3 is 6.03 Å². The highest BCUT2D eigenvalue weighted by molar-refractivity contribution is 7.15. The van der Waals surface area contributed by atoms with Crippen LogP contribution in [0.2, 0.25) is 0 Å². The summed E-state index contributed by atoms with van der Waals surface area (Å²) in [7, 11) is 1.58. The van der Waals surface area contributed by atoms with Gasteiger partial charge in [-0.15, -0.1) is 10.2 Å². The number of likely N-dealkylation sites (N-methyl/N-ethyl adjacent to an activating group) is 1. The Morgan fingerprint density at radius 3 is 2.88 bits per heavy atom. The van der Waals surface area contributed by atoms with Gasteiger partial charge in [-0.25, -0.2) is 9.69 Å². The molecule has 1 aliphatic rings. The summed E-state index contributed by atoms with van der Waals surface area (Å²) in [6, 6.07) is 5.47. The van der Waals surface area contributed by atoms with E-state index in [1.165, 1.54) is 28.0 Å². The van der Waals surface area contributed by atoms with Crippen LogP contribution in [0.15, 0.2) is 24.3 Å². The van der Waals surface area contributed by atoms with Crippen molar-refractivity contribution in [2.45, 2.75) is 19.3 Å². The number of ether oxygens (including phenoxy) is 1. The lowest BCUT2D eigenvalue weighted by molar-refractivity contribution is -0.384. The van der Waals surface area contributed by atoms with E-state index in [-0.39, 0.29) is 23.4 Å². The van der Waals surface area contributed by atoms with Gasteiger partial charge in [0.05, 0.1) is 17.5 Å². The third kappa shape index (κ3) is 3.37. The number of non-ortho nitro benzene ring substituents is 1. The van der Waals surface area contributed by atoms with Gasteiger partial charge in [-0.1, -0.05) is 17.4 Å². The molecule has 2 unspecified atom stereocenters. The zero-order chi connectivity index (χ0) is 18.1. The van der Waals surface area contributed by atoms with Crippen molar-refractivity contribution in [2.24, 2.45) is 0 Å². The lowest BCUT2D eigenvalue weighted by atomic mass is 10.3. The van der Waals surface area contributed by atoms with E-state index in [0.717, 1.165) is 11.3 Å². The molecule has 2 aromatic rings. The lowest BCUT2D eigenvalue weighted by Gasteiger charge is -2.14. The fraction of sp³-hybridized carbons (Fsp3) is 0.357. The van der Waals surface area contributed by atoms with Gasteiger partial charge in [-0.05, 0) is 13.0 Å². The van der Waals surface area contributed by atoms with Gasteiger partial charge in [-0.2, -0.15) is 0 Å².